The molecule has 42 heavy (non-hydrogen) atoms. The SMILES string of the molecule is CC(C)(C)[Si](C)(C)OCc1cc2nccc(-c3cc(Cl)cc4c3N(C3COC(COC5CCCCO5)C3)CCO4)c2s1. The Bertz CT molecular complexity index is 1400. The lowest BCUT2D eigenvalue weighted by Gasteiger charge is -2.37. The van der Waals surface area contributed by atoms with Crippen LogP contribution in [-0.2, 0) is 25.2 Å². The first kappa shape index (κ1) is 30.3. The Morgan fingerprint density at radius 1 is 1.12 bits per heavy atom. The zero-order valence-corrected chi connectivity index (χ0v) is 28.0. The number of halogens is 1. The van der Waals surface area contributed by atoms with Crippen molar-refractivity contribution in [2.45, 2.75) is 89.6 Å². The number of benzene rings is 1. The van der Waals surface area contributed by atoms with E-state index in [9.17, 15) is 0 Å². The summed E-state index contributed by atoms with van der Waals surface area (Å²) in [5, 5.41) is 0.824. The van der Waals surface area contributed by atoms with Crippen molar-refractivity contribution in [3.63, 3.8) is 0 Å². The van der Waals surface area contributed by atoms with E-state index < -0.39 is 8.32 Å². The molecule has 228 valence electrons. The van der Waals surface area contributed by atoms with Crippen molar-refractivity contribution in [1.82, 2.24) is 4.98 Å². The summed E-state index contributed by atoms with van der Waals surface area (Å²) in [6.45, 7) is 15.4. The van der Waals surface area contributed by atoms with E-state index in [1.54, 1.807) is 11.3 Å². The molecule has 3 atom stereocenters. The third kappa shape index (κ3) is 6.38. The third-order valence-corrected chi connectivity index (χ3v) is 15.0. The second kappa shape index (κ2) is 12.3. The fourth-order valence-electron chi connectivity index (χ4n) is 5.73. The molecular weight excluding hydrogens is 588 g/mol. The van der Waals surface area contributed by atoms with Crippen molar-refractivity contribution < 1.29 is 23.4 Å². The molecule has 0 amide bonds. The number of rotatable bonds is 8. The number of ether oxygens (including phenoxy) is 4. The molecule has 3 aliphatic rings. The molecule has 3 aromatic rings. The second-order valence-corrected chi connectivity index (χ2v) is 19.5. The molecule has 2 fully saturated rings. The van der Waals surface area contributed by atoms with Gasteiger partial charge in [0.25, 0.3) is 0 Å². The van der Waals surface area contributed by atoms with Crippen LogP contribution in [0.15, 0.2) is 30.5 Å². The van der Waals surface area contributed by atoms with Crippen LogP contribution < -0.4 is 9.64 Å². The molecule has 0 saturated carbocycles. The molecule has 0 spiro atoms. The van der Waals surface area contributed by atoms with E-state index in [0.29, 0.717) is 31.5 Å². The molecule has 3 unspecified atom stereocenters. The third-order valence-electron chi connectivity index (χ3n) is 9.16. The maximum Gasteiger partial charge on any atom is 0.192 e. The van der Waals surface area contributed by atoms with E-state index in [1.165, 1.54) is 4.88 Å². The summed E-state index contributed by atoms with van der Waals surface area (Å²) in [5.74, 6) is 0.821. The van der Waals surface area contributed by atoms with Gasteiger partial charge in [0.1, 0.15) is 12.4 Å². The van der Waals surface area contributed by atoms with E-state index in [2.05, 4.69) is 57.0 Å². The van der Waals surface area contributed by atoms with Crippen molar-refractivity contribution in [3.8, 4) is 16.9 Å². The minimum atomic E-state index is -1.87. The maximum atomic E-state index is 6.70. The van der Waals surface area contributed by atoms with Gasteiger partial charge in [-0.15, -0.1) is 11.3 Å². The molecule has 6 rings (SSSR count). The van der Waals surface area contributed by atoms with E-state index in [0.717, 1.165) is 71.6 Å². The molecule has 0 radical (unpaired) electrons. The van der Waals surface area contributed by atoms with Gasteiger partial charge in [-0.25, -0.2) is 0 Å². The Labute approximate surface area is 259 Å². The highest BCUT2D eigenvalue weighted by Gasteiger charge is 2.38. The van der Waals surface area contributed by atoms with Gasteiger partial charge in [-0.3, -0.25) is 4.98 Å². The van der Waals surface area contributed by atoms with Crippen molar-refractivity contribution >= 4 is 47.2 Å². The molecule has 0 aliphatic carbocycles. The summed E-state index contributed by atoms with van der Waals surface area (Å²) in [7, 11) is -1.87. The van der Waals surface area contributed by atoms with Crippen molar-refractivity contribution in [1.29, 1.82) is 0 Å². The van der Waals surface area contributed by atoms with Gasteiger partial charge in [-0.2, -0.15) is 0 Å². The molecule has 5 heterocycles. The highest BCUT2D eigenvalue weighted by molar-refractivity contribution is 7.19. The average molecular weight is 631 g/mol. The smallest absolute Gasteiger partial charge is 0.192 e. The monoisotopic (exact) mass is 630 g/mol. The van der Waals surface area contributed by atoms with E-state index in [-0.39, 0.29) is 23.5 Å². The summed E-state index contributed by atoms with van der Waals surface area (Å²) < 4.78 is 32.0. The number of pyridine rings is 1. The zero-order valence-electron chi connectivity index (χ0n) is 25.4. The van der Waals surface area contributed by atoms with E-state index in [4.69, 9.17) is 40.0 Å². The lowest BCUT2D eigenvalue weighted by molar-refractivity contribution is -0.175. The largest absolute Gasteiger partial charge is 0.489 e. The van der Waals surface area contributed by atoms with Crippen LogP contribution in [0.25, 0.3) is 21.3 Å². The highest BCUT2D eigenvalue weighted by atomic mass is 35.5. The minimum absolute atomic E-state index is 0.0518. The summed E-state index contributed by atoms with van der Waals surface area (Å²) in [5.41, 5.74) is 4.25. The maximum absolute atomic E-state index is 6.70. The molecule has 0 bridgehead atoms. The fraction of sp³-hybridized carbons (Fsp3) is 0.594. The Morgan fingerprint density at radius 2 is 1.98 bits per heavy atom. The van der Waals surface area contributed by atoms with Gasteiger partial charge in [0.15, 0.2) is 14.6 Å². The van der Waals surface area contributed by atoms with Gasteiger partial charge >= 0.3 is 0 Å². The van der Waals surface area contributed by atoms with Crippen molar-refractivity contribution in [2.75, 3.05) is 37.9 Å². The molecule has 7 nitrogen and oxygen atoms in total. The van der Waals surface area contributed by atoms with Crippen LogP contribution >= 0.6 is 22.9 Å². The van der Waals surface area contributed by atoms with Gasteiger partial charge < -0.3 is 28.3 Å². The van der Waals surface area contributed by atoms with E-state index >= 15 is 0 Å². The number of fused-ring (bicyclic) bond motifs is 2. The quantitative estimate of drug-likeness (QED) is 0.233. The highest BCUT2D eigenvalue weighted by Crippen LogP contribution is 2.47. The van der Waals surface area contributed by atoms with E-state index in [1.807, 2.05) is 12.3 Å². The van der Waals surface area contributed by atoms with Gasteiger partial charge in [0.05, 0.1) is 54.4 Å². The standard InChI is InChI=1S/C32H43ClN2O5SSi/c1-32(2,3)42(4,5)40-20-24-17-27-31(41-24)25(9-10-34-27)26-14-21(33)15-28-30(26)35(11-13-36-28)22-16-23(38-18-22)19-39-29-8-6-7-12-37-29/h9-10,14-15,17,22-23,29H,6-8,11-13,16,18-20H2,1-5H3. The molecule has 10 heteroatoms. The average Bonchev–Trinajstić information content (AvgIpc) is 3.61. The second-order valence-electron chi connectivity index (χ2n) is 13.2. The first-order chi connectivity index (χ1) is 20.1. The number of anilines is 1. The summed E-state index contributed by atoms with van der Waals surface area (Å²) in [6.07, 6.45) is 5.98. The topological polar surface area (TPSA) is 62.3 Å². The van der Waals surface area contributed by atoms with Crippen LogP contribution in [0.4, 0.5) is 5.69 Å². The lowest BCUT2D eigenvalue weighted by Crippen LogP contribution is -2.42. The number of nitrogens with zero attached hydrogens (tertiary/aromatic N) is 2. The fourth-order valence-corrected chi connectivity index (χ4v) is 8.05. The summed E-state index contributed by atoms with van der Waals surface area (Å²) >= 11 is 8.46. The zero-order chi connectivity index (χ0) is 29.5. The van der Waals surface area contributed by atoms with Crippen LogP contribution in [0.2, 0.25) is 23.2 Å². The minimum Gasteiger partial charge on any atom is -0.489 e. The Hall–Kier alpha value is -1.72. The first-order valence-electron chi connectivity index (χ1n) is 15.2. The van der Waals surface area contributed by atoms with Gasteiger partial charge in [-0.05, 0) is 62.0 Å². The van der Waals surface area contributed by atoms with Gasteiger partial charge in [0.2, 0.25) is 0 Å². The molecule has 2 aromatic heterocycles. The van der Waals surface area contributed by atoms with Crippen LogP contribution in [0.5, 0.6) is 5.75 Å². The number of hydrogen-bond donors (Lipinski definition) is 0. The molecule has 3 aliphatic heterocycles. The van der Waals surface area contributed by atoms with Gasteiger partial charge in [0, 0.05) is 39.9 Å². The lowest BCUT2D eigenvalue weighted by atomic mass is 9.99. The summed E-state index contributed by atoms with van der Waals surface area (Å²) in [4.78, 5) is 8.37. The summed E-state index contributed by atoms with van der Waals surface area (Å²) in [6, 6.07) is 8.51. The van der Waals surface area contributed by atoms with Crippen LogP contribution in [0.3, 0.4) is 0 Å². The molecule has 0 N–H and O–H groups in total. The number of hydrogen-bond acceptors (Lipinski definition) is 8. The predicted octanol–water partition coefficient (Wildman–Crippen LogP) is 8.04. The van der Waals surface area contributed by atoms with Crippen LogP contribution in [-0.4, -0.2) is 64.7 Å². The van der Waals surface area contributed by atoms with Crippen LogP contribution in [0.1, 0.15) is 51.3 Å². The Balaban J connectivity index is 1.26. The predicted molar refractivity (Wildman–Crippen MR) is 173 cm³/mol. The van der Waals surface area contributed by atoms with Crippen LogP contribution in [0, 0.1) is 0 Å². The Morgan fingerprint density at radius 3 is 2.76 bits per heavy atom. The Kier molecular flexibility index (Phi) is 8.91. The number of aromatic nitrogens is 1. The number of thiophene rings is 1. The van der Waals surface area contributed by atoms with Crippen molar-refractivity contribution in [2.24, 2.45) is 0 Å². The van der Waals surface area contributed by atoms with Gasteiger partial charge in [-0.1, -0.05) is 32.4 Å². The normalized spacial score (nSPS) is 23.3. The molecule has 1 aromatic carbocycles. The molecular formula is C32H43ClN2O5SSi. The van der Waals surface area contributed by atoms with Crippen molar-refractivity contribution in [3.05, 3.63) is 40.4 Å². The molecule has 2 saturated heterocycles. The first-order valence-corrected chi connectivity index (χ1v) is 19.3.